The molecule has 2 aromatic heterocycles. The Morgan fingerprint density at radius 2 is 2.11 bits per heavy atom. The van der Waals surface area contributed by atoms with E-state index in [1.54, 1.807) is 24.4 Å². The number of ether oxygens (including phenoxy) is 1. The first-order valence-corrected chi connectivity index (χ1v) is 6.58. The molecule has 1 aliphatic rings. The molecule has 0 radical (unpaired) electrons. The van der Waals surface area contributed by atoms with Gasteiger partial charge in [0.05, 0.1) is 23.9 Å². The van der Waals surface area contributed by atoms with Gasteiger partial charge in [0.2, 0.25) is 0 Å². The topological polar surface area (TPSA) is 46.8 Å². The maximum atomic E-state index is 12.0. The molecule has 0 aliphatic carbocycles. The van der Waals surface area contributed by atoms with Crippen molar-refractivity contribution >= 4 is 17.2 Å². The van der Waals surface area contributed by atoms with Crippen molar-refractivity contribution in [1.29, 1.82) is 0 Å². The van der Waals surface area contributed by atoms with Gasteiger partial charge in [-0.15, -0.1) is 0 Å². The molecule has 0 atom stereocenters. The second-order valence-electron chi connectivity index (χ2n) is 4.55. The highest BCUT2D eigenvalue weighted by molar-refractivity contribution is 6.30. The van der Waals surface area contributed by atoms with Gasteiger partial charge in [-0.1, -0.05) is 11.6 Å². The van der Waals surface area contributed by atoms with Crippen LogP contribution in [0.15, 0.2) is 29.2 Å². The minimum Gasteiger partial charge on any atom is -0.379 e. The fourth-order valence-electron chi connectivity index (χ4n) is 2.20. The molecular weight excluding hydrogens is 266 g/mol. The van der Waals surface area contributed by atoms with Gasteiger partial charge in [0.25, 0.3) is 5.56 Å². The van der Waals surface area contributed by atoms with Crippen LogP contribution in [0.4, 0.5) is 0 Å². The van der Waals surface area contributed by atoms with Crippen LogP contribution in [0.2, 0.25) is 5.02 Å². The molecule has 3 rings (SSSR count). The molecule has 5 nitrogen and oxygen atoms in total. The zero-order valence-corrected chi connectivity index (χ0v) is 11.1. The van der Waals surface area contributed by atoms with Gasteiger partial charge in [-0.2, -0.15) is 0 Å². The fraction of sp³-hybridized carbons (Fsp3) is 0.385. The van der Waals surface area contributed by atoms with Crippen molar-refractivity contribution in [2.75, 3.05) is 26.3 Å². The highest BCUT2D eigenvalue weighted by Gasteiger charge is 2.12. The third kappa shape index (κ3) is 2.78. The lowest BCUT2D eigenvalue weighted by Gasteiger charge is -2.26. The van der Waals surface area contributed by atoms with Crippen molar-refractivity contribution in [2.24, 2.45) is 0 Å². The maximum Gasteiger partial charge on any atom is 0.258 e. The van der Waals surface area contributed by atoms with E-state index in [2.05, 4.69) is 9.88 Å². The molecule has 0 N–H and O–H groups in total. The van der Waals surface area contributed by atoms with Crippen molar-refractivity contribution < 1.29 is 4.74 Å². The monoisotopic (exact) mass is 279 g/mol. The van der Waals surface area contributed by atoms with E-state index in [-0.39, 0.29) is 5.56 Å². The quantitative estimate of drug-likeness (QED) is 0.828. The van der Waals surface area contributed by atoms with Gasteiger partial charge < -0.3 is 4.74 Å². The average molecular weight is 280 g/mol. The number of rotatable bonds is 2. The summed E-state index contributed by atoms with van der Waals surface area (Å²) in [6, 6.07) is 5.06. The number of nitrogens with zero attached hydrogens (tertiary/aromatic N) is 3. The van der Waals surface area contributed by atoms with Crippen molar-refractivity contribution in [3.8, 4) is 0 Å². The normalized spacial score (nSPS) is 16.9. The summed E-state index contributed by atoms with van der Waals surface area (Å²) in [5, 5.41) is 0.525. The lowest BCUT2D eigenvalue weighted by atomic mass is 10.3. The average Bonchev–Trinajstić information content (AvgIpc) is 2.41. The molecule has 0 amide bonds. The minimum absolute atomic E-state index is 0.101. The van der Waals surface area contributed by atoms with Crippen LogP contribution in [0.25, 0.3) is 5.65 Å². The predicted octanol–water partition coefficient (Wildman–Crippen LogP) is 1.18. The summed E-state index contributed by atoms with van der Waals surface area (Å²) in [7, 11) is 0. The number of pyridine rings is 1. The van der Waals surface area contributed by atoms with Crippen molar-refractivity contribution in [2.45, 2.75) is 6.54 Å². The third-order valence-corrected chi connectivity index (χ3v) is 3.39. The van der Waals surface area contributed by atoms with E-state index in [1.165, 1.54) is 4.40 Å². The lowest BCUT2D eigenvalue weighted by molar-refractivity contribution is 0.0336. The lowest BCUT2D eigenvalue weighted by Crippen LogP contribution is -2.36. The van der Waals surface area contributed by atoms with Crippen molar-refractivity contribution in [3.63, 3.8) is 0 Å². The molecule has 1 fully saturated rings. The van der Waals surface area contributed by atoms with Crippen molar-refractivity contribution in [3.05, 3.63) is 45.5 Å². The Bertz CT molecular complexity index is 650. The highest BCUT2D eigenvalue weighted by Crippen LogP contribution is 2.09. The molecule has 3 heterocycles. The van der Waals surface area contributed by atoms with Gasteiger partial charge in [0.15, 0.2) is 0 Å². The summed E-state index contributed by atoms with van der Waals surface area (Å²) in [6.45, 7) is 3.91. The van der Waals surface area contributed by atoms with E-state index in [1.807, 2.05) is 0 Å². The van der Waals surface area contributed by atoms with Gasteiger partial charge in [-0.25, -0.2) is 4.98 Å². The Labute approximate surface area is 115 Å². The van der Waals surface area contributed by atoms with E-state index in [0.717, 1.165) is 32.0 Å². The van der Waals surface area contributed by atoms with E-state index >= 15 is 0 Å². The minimum atomic E-state index is -0.101. The zero-order valence-electron chi connectivity index (χ0n) is 10.4. The van der Waals surface area contributed by atoms with E-state index in [9.17, 15) is 4.79 Å². The van der Waals surface area contributed by atoms with Gasteiger partial charge >= 0.3 is 0 Å². The van der Waals surface area contributed by atoms with Gasteiger partial charge in [-0.3, -0.25) is 14.1 Å². The largest absolute Gasteiger partial charge is 0.379 e. The molecule has 6 heteroatoms. The zero-order chi connectivity index (χ0) is 13.2. The van der Waals surface area contributed by atoms with Crippen LogP contribution in [0.5, 0.6) is 0 Å². The second-order valence-corrected chi connectivity index (χ2v) is 4.99. The van der Waals surface area contributed by atoms with Crippen LogP contribution in [0, 0.1) is 0 Å². The first-order chi connectivity index (χ1) is 9.22. The Morgan fingerprint density at radius 3 is 2.89 bits per heavy atom. The van der Waals surface area contributed by atoms with Crippen molar-refractivity contribution in [1.82, 2.24) is 14.3 Å². The second kappa shape index (κ2) is 5.28. The van der Waals surface area contributed by atoms with Crippen LogP contribution in [-0.2, 0) is 11.3 Å². The van der Waals surface area contributed by atoms with Gasteiger partial charge in [0.1, 0.15) is 5.65 Å². The predicted molar refractivity (Wildman–Crippen MR) is 72.6 cm³/mol. The number of aromatic nitrogens is 2. The van der Waals surface area contributed by atoms with Crippen LogP contribution >= 0.6 is 11.6 Å². The molecule has 0 saturated carbocycles. The molecule has 0 aromatic carbocycles. The summed E-state index contributed by atoms with van der Waals surface area (Å²) in [5.41, 5.74) is 1.31. The maximum absolute atomic E-state index is 12.0. The number of hydrogen-bond donors (Lipinski definition) is 0. The summed E-state index contributed by atoms with van der Waals surface area (Å²) in [6.07, 6.45) is 1.59. The Balaban J connectivity index is 1.92. The first-order valence-electron chi connectivity index (χ1n) is 6.20. The smallest absolute Gasteiger partial charge is 0.258 e. The van der Waals surface area contributed by atoms with Gasteiger partial charge in [0, 0.05) is 31.9 Å². The molecule has 1 saturated heterocycles. The Hall–Kier alpha value is -1.43. The number of halogens is 1. The molecule has 0 spiro atoms. The van der Waals surface area contributed by atoms with Crippen LogP contribution in [0.1, 0.15) is 5.69 Å². The number of fused-ring (bicyclic) bond motifs is 1. The fourth-order valence-corrected chi connectivity index (χ4v) is 2.36. The highest BCUT2D eigenvalue weighted by atomic mass is 35.5. The van der Waals surface area contributed by atoms with E-state index in [0.29, 0.717) is 17.2 Å². The summed E-state index contributed by atoms with van der Waals surface area (Å²) >= 11 is 5.88. The van der Waals surface area contributed by atoms with Crippen LogP contribution in [0.3, 0.4) is 0 Å². The van der Waals surface area contributed by atoms with Crippen LogP contribution < -0.4 is 5.56 Å². The van der Waals surface area contributed by atoms with E-state index < -0.39 is 0 Å². The Kier molecular flexibility index (Phi) is 3.50. The molecule has 0 bridgehead atoms. The molecule has 1 aliphatic heterocycles. The van der Waals surface area contributed by atoms with E-state index in [4.69, 9.17) is 16.3 Å². The number of hydrogen-bond acceptors (Lipinski definition) is 4. The number of morpholine rings is 1. The summed E-state index contributed by atoms with van der Waals surface area (Å²) < 4.78 is 6.77. The molecule has 100 valence electrons. The standard InChI is InChI=1S/C13H14ClN3O2/c14-10-1-2-12-15-11(7-13(18)17(12)8-10)9-16-3-5-19-6-4-16/h1-2,7-8H,3-6,9H2. The Morgan fingerprint density at radius 1 is 1.32 bits per heavy atom. The molecule has 0 unspecified atom stereocenters. The van der Waals surface area contributed by atoms with Gasteiger partial charge in [-0.05, 0) is 12.1 Å². The summed E-state index contributed by atoms with van der Waals surface area (Å²) in [4.78, 5) is 18.7. The van der Waals surface area contributed by atoms with Crippen LogP contribution in [-0.4, -0.2) is 40.6 Å². The molecule has 19 heavy (non-hydrogen) atoms. The molecular formula is C13H14ClN3O2. The molecule has 2 aromatic rings. The summed E-state index contributed by atoms with van der Waals surface area (Å²) in [5.74, 6) is 0. The third-order valence-electron chi connectivity index (χ3n) is 3.17. The SMILES string of the molecule is O=c1cc(CN2CCOCC2)nc2ccc(Cl)cn12. The first kappa shape index (κ1) is 12.6.